The monoisotopic (exact) mass is 401 g/mol. The number of nitrogens with one attached hydrogen (secondary N) is 1. The highest BCUT2D eigenvalue weighted by Crippen LogP contribution is 2.38. The Morgan fingerprint density at radius 2 is 2.11 bits per heavy atom. The minimum atomic E-state index is -3.47. The second kappa shape index (κ2) is 8.05. The number of carbonyl (C=O) groups is 1. The molecule has 0 saturated heterocycles. The summed E-state index contributed by atoms with van der Waals surface area (Å²) in [5.74, 6) is -0.382. The van der Waals surface area contributed by atoms with Gasteiger partial charge >= 0.3 is 0 Å². The number of pyridine rings is 1. The number of hydrogen-bond donors (Lipinski definition) is 3. The van der Waals surface area contributed by atoms with Gasteiger partial charge in [-0.1, -0.05) is 19.1 Å². The van der Waals surface area contributed by atoms with E-state index >= 15 is 0 Å². The fourth-order valence-corrected chi connectivity index (χ4v) is 4.70. The highest BCUT2D eigenvalue weighted by molar-refractivity contribution is 7.65. The molecular weight excluding hydrogens is 381 g/mol. The number of aromatic nitrogens is 1. The van der Waals surface area contributed by atoms with Gasteiger partial charge in [0.05, 0.1) is 16.9 Å². The van der Waals surface area contributed by atoms with E-state index in [2.05, 4.69) is 10.3 Å². The maximum absolute atomic E-state index is 12.5. The molecule has 0 spiro atoms. The zero-order valence-electron chi connectivity index (χ0n) is 14.8. The zero-order valence-corrected chi connectivity index (χ0v) is 16.5. The number of benzene rings is 1. The van der Waals surface area contributed by atoms with Crippen molar-refractivity contribution in [3.63, 3.8) is 0 Å². The Kier molecular flexibility index (Phi) is 5.75. The van der Waals surface area contributed by atoms with Gasteiger partial charge in [0, 0.05) is 17.2 Å². The second-order valence-electron chi connectivity index (χ2n) is 6.06. The molecule has 3 aromatic rings. The van der Waals surface area contributed by atoms with Crippen LogP contribution in [0.4, 0.5) is 11.4 Å². The fourth-order valence-electron chi connectivity index (χ4n) is 2.60. The topological polar surface area (TPSA) is 105 Å². The van der Waals surface area contributed by atoms with Crippen molar-refractivity contribution in [2.75, 3.05) is 17.2 Å². The molecule has 0 bridgehead atoms. The van der Waals surface area contributed by atoms with Crippen molar-refractivity contribution in [2.45, 2.75) is 13.3 Å². The van der Waals surface area contributed by atoms with E-state index in [1.54, 1.807) is 17.4 Å². The lowest BCUT2D eigenvalue weighted by atomic mass is 10.1. The van der Waals surface area contributed by atoms with Crippen LogP contribution < -0.4 is 16.5 Å². The Labute approximate surface area is 161 Å². The van der Waals surface area contributed by atoms with Gasteiger partial charge in [-0.2, -0.15) is 0 Å². The van der Waals surface area contributed by atoms with Gasteiger partial charge in [0.2, 0.25) is 7.37 Å². The SMILES string of the molecule is CCCP(=O)(O)c1ccc(C(=O)Nc2cc(-c3cccs3)ccc2N)cn1. The van der Waals surface area contributed by atoms with Gasteiger partial charge in [-0.15, -0.1) is 11.3 Å². The average Bonchev–Trinajstić information content (AvgIpc) is 3.18. The maximum Gasteiger partial charge on any atom is 0.257 e. The minimum Gasteiger partial charge on any atom is -0.397 e. The molecule has 1 amide bonds. The number of nitrogen functional groups attached to an aromatic ring is 1. The predicted molar refractivity (Wildman–Crippen MR) is 111 cm³/mol. The number of thiophene rings is 1. The molecule has 1 aromatic carbocycles. The Hall–Kier alpha value is -2.47. The van der Waals surface area contributed by atoms with Crippen LogP contribution in [0, 0.1) is 0 Å². The summed E-state index contributed by atoms with van der Waals surface area (Å²) in [6.07, 6.45) is 2.05. The van der Waals surface area contributed by atoms with E-state index in [-0.39, 0.29) is 23.1 Å². The van der Waals surface area contributed by atoms with Gasteiger partial charge < -0.3 is 15.9 Å². The lowest BCUT2D eigenvalue weighted by Gasteiger charge is -2.12. The van der Waals surface area contributed by atoms with E-state index in [1.807, 2.05) is 36.6 Å². The fraction of sp³-hybridized carbons (Fsp3) is 0.158. The van der Waals surface area contributed by atoms with Crippen molar-refractivity contribution in [1.82, 2.24) is 4.98 Å². The van der Waals surface area contributed by atoms with Crippen LogP contribution in [0.1, 0.15) is 23.7 Å². The summed E-state index contributed by atoms with van der Waals surface area (Å²) in [6, 6.07) is 12.4. The first-order valence-corrected chi connectivity index (χ1v) is 11.2. The van der Waals surface area contributed by atoms with Gasteiger partial charge in [0.1, 0.15) is 5.44 Å². The van der Waals surface area contributed by atoms with Crippen molar-refractivity contribution in [1.29, 1.82) is 0 Å². The molecular formula is C19H20N3O3PS. The first-order chi connectivity index (χ1) is 12.9. The molecule has 3 rings (SSSR count). The van der Waals surface area contributed by atoms with Gasteiger partial charge in [-0.25, -0.2) is 0 Å². The second-order valence-corrected chi connectivity index (χ2v) is 9.32. The van der Waals surface area contributed by atoms with Crippen LogP contribution in [-0.2, 0) is 4.57 Å². The van der Waals surface area contributed by atoms with Crippen molar-refractivity contribution in [3.8, 4) is 10.4 Å². The average molecular weight is 401 g/mol. The van der Waals surface area contributed by atoms with E-state index in [0.29, 0.717) is 17.8 Å². The molecule has 2 aromatic heterocycles. The summed E-state index contributed by atoms with van der Waals surface area (Å²) in [7, 11) is -3.47. The lowest BCUT2D eigenvalue weighted by Crippen LogP contribution is -2.17. The van der Waals surface area contributed by atoms with Crippen LogP contribution in [0.3, 0.4) is 0 Å². The number of nitrogens with two attached hydrogens (primary N) is 1. The number of nitrogens with zero attached hydrogens (tertiary/aromatic N) is 1. The lowest BCUT2D eigenvalue weighted by molar-refractivity contribution is 0.102. The van der Waals surface area contributed by atoms with E-state index in [9.17, 15) is 14.3 Å². The van der Waals surface area contributed by atoms with Crippen LogP contribution in [0.15, 0.2) is 54.0 Å². The summed E-state index contributed by atoms with van der Waals surface area (Å²) in [6.45, 7) is 1.83. The first-order valence-electron chi connectivity index (χ1n) is 8.44. The van der Waals surface area contributed by atoms with Crippen molar-refractivity contribution >= 4 is 41.4 Å². The van der Waals surface area contributed by atoms with Crippen molar-refractivity contribution in [3.05, 3.63) is 59.6 Å². The minimum absolute atomic E-state index is 0.111. The highest BCUT2D eigenvalue weighted by atomic mass is 32.1. The third kappa shape index (κ3) is 4.45. The Morgan fingerprint density at radius 1 is 1.30 bits per heavy atom. The summed E-state index contributed by atoms with van der Waals surface area (Å²) < 4.78 is 12.2. The number of hydrogen-bond acceptors (Lipinski definition) is 5. The normalized spacial score (nSPS) is 13.1. The first kappa shape index (κ1) is 19.3. The molecule has 27 heavy (non-hydrogen) atoms. The maximum atomic E-state index is 12.5. The number of rotatable bonds is 6. The molecule has 1 unspecified atom stereocenters. The summed E-state index contributed by atoms with van der Waals surface area (Å²) >= 11 is 1.60. The van der Waals surface area contributed by atoms with Crippen LogP contribution in [-0.4, -0.2) is 21.9 Å². The van der Waals surface area contributed by atoms with E-state index in [0.717, 1.165) is 10.4 Å². The number of amides is 1. The van der Waals surface area contributed by atoms with Gasteiger partial charge in [0.15, 0.2) is 0 Å². The smallest absolute Gasteiger partial charge is 0.257 e. The Bertz CT molecular complexity index is 988. The summed E-state index contributed by atoms with van der Waals surface area (Å²) in [5, 5.41) is 4.76. The van der Waals surface area contributed by atoms with Gasteiger partial charge in [-0.3, -0.25) is 14.3 Å². The Morgan fingerprint density at radius 3 is 2.74 bits per heavy atom. The molecule has 140 valence electrons. The van der Waals surface area contributed by atoms with E-state index < -0.39 is 7.37 Å². The van der Waals surface area contributed by atoms with Gasteiger partial charge in [-0.05, 0) is 47.7 Å². The van der Waals surface area contributed by atoms with E-state index in [4.69, 9.17) is 5.73 Å². The number of carbonyl (C=O) groups excluding carboxylic acids is 1. The Balaban J connectivity index is 1.79. The molecule has 8 heteroatoms. The molecule has 2 heterocycles. The van der Waals surface area contributed by atoms with Crippen molar-refractivity contribution < 1.29 is 14.3 Å². The summed E-state index contributed by atoms with van der Waals surface area (Å²) in [5.41, 5.74) is 8.31. The van der Waals surface area contributed by atoms with Crippen LogP contribution >= 0.6 is 18.7 Å². The molecule has 4 N–H and O–H groups in total. The molecule has 0 radical (unpaired) electrons. The van der Waals surface area contributed by atoms with Gasteiger partial charge in [0.25, 0.3) is 5.91 Å². The van der Waals surface area contributed by atoms with Crippen LogP contribution in [0.5, 0.6) is 0 Å². The standard InChI is InChI=1S/C19H20N3O3PS/c1-2-9-26(24,25)18-8-6-14(12-21-18)19(23)22-16-11-13(5-7-15(16)20)17-4-3-10-27-17/h3-8,10-12H,2,9,20H2,1H3,(H,22,23)(H,24,25). The molecule has 0 saturated carbocycles. The van der Waals surface area contributed by atoms with Crippen molar-refractivity contribution in [2.24, 2.45) is 0 Å². The molecule has 0 aliphatic carbocycles. The third-order valence-electron chi connectivity index (χ3n) is 4.00. The quantitative estimate of drug-likeness (QED) is 0.428. The molecule has 0 aliphatic rings. The van der Waals surface area contributed by atoms with Crippen LogP contribution in [0.25, 0.3) is 10.4 Å². The molecule has 0 fully saturated rings. The largest absolute Gasteiger partial charge is 0.397 e. The zero-order chi connectivity index (χ0) is 19.4. The van der Waals surface area contributed by atoms with Crippen LogP contribution in [0.2, 0.25) is 0 Å². The molecule has 1 atom stereocenters. The predicted octanol–water partition coefficient (Wildman–Crippen LogP) is 3.95. The number of anilines is 2. The third-order valence-corrected chi connectivity index (χ3v) is 6.95. The highest BCUT2D eigenvalue weighted by Gasteiger charge is 2.22. The molecule has 0 aliphatic heterocycles. The summed E-state index contributed by atoms with van der Waals surface area (Å²) in [4.78, 5) is 27.6. The van der Waals surface area contributed by atoms with E-state index in [1.165, 1.54) is 18.3 Å². The molecule has 6 nitrogen and oxygen atoms in total.